The molecule has 2 fully saturated rings. The Morgan fingerprint density at radius 3 is 2.10 bits per heavy atom. The van der Waals surface area contributed by atoms with Crippen LogP contribution in [0.3, 0.4) is 0 Å². The minimum absolute atomic E-state index is 0.105. The van der Waals surface area contributed by atoms with E-state index in [0.29, 0.717) is 0 Å². The van der Waals surface area contributed by atoms with Gasteiger partial charge < -0.3 is 9.64 Å². The Labute approximate surface area is 191 Å². The number of nitrogens with zero attached hydrogens (tertiary/aromatic N) is 1. The van der Waals surface area contributed by atoms with Crippen LogP contribution >= 0.6 is 0 Å². The molecular formula is C28H57NO. The van der Waals surface area contributed by atoms with Crippen LogP contribution in [0.5, 0.6) is 0 Å². The van der Waals surface area contributed by atoms with Crippen molar-refractivity contribution in [1.29, 1.82) is 0 Å². The van der Waals surface area contributed by atoms with E-state index in [-0.39, 0.29) is 5.60 Å². The number of ether oxygens (including phenoxy) is 1. The van der Waals surface area contributed by atoms with Crippen molar-refractivity contribution in [2.45, 2.75) is 132 Å². The molecule has 2 rings (SSSR count). The SMILES string of the molecule is C=C1CCC(CCC)(OCCC)C/C1=C/C.CC.CC.CCCCN1CCCCC1. The van der Waals surface area contributed by atoms with Crippen LogP contribution in [0, 0.1) is 0 Å². The fraction of sp³-hybridized carbons (Fsp3) is 0.857. The molecule has 0 radical (unpaired) electrons. The normalized spacial score (nSPS) is 22.8. The summed E-state index contributed by atoms with van der Waals surface area (Å²) in [5.41, 5.74) is 2.83. The fourth-order valence-corrected chi connectivity index (χ4v) is 4.15. The third-order valence-corrected chi connectivity index (χ3v) is 5.79. The van der Waals surface area contributed by atoms with Crippen LogP contribution in [-0.4, -0.2) is 36.7 Å². The molecular weight excluding hydrogens is 366 g/mol. The highest BCUT2D eigenvalue weighted by atomic mass is 16.5. The monoisotopic (exact) mass is 423 g/mol. The van der Waals surface area contributed by atoms with Crippen molar-refractivity contribution in [1.82, 2.24) is 4.90 Å². The van der Waals surface area contributed by atoms with Gasteiger partial charge in [-0.05, 0) is 77.1 Å². The minimum atomic E-state index is 0.105. The molecule has 30 heavy (non-hydrogen) atoms. The van der Waals surface area contributed by atoms with E-state index in [4.69, 9.17) is 4.74 Å². The molecule has 0 aromatic rings. The maximum Gasteiger partial charge on any atom is 0.0725 e. The summed E-state index contributed by atoms with van der Waals surface area (Å²) < 4.78 is 6.16. The summed E-state index contributed by atoms with van der Waals surface area (Å²) in [7, 11) is 0. The quantitative estimate of drug-likeness (QED) is 0.386. The van der Waals surface area contributed by atoms with Gasteiger partial charge in [0.25, 0.3) is 0 Å². The second-order valence-electron chi connectivity index (χ2n) is 8.13. The molecule has 1 aliphatic heterocycles. The molecule has 1 unspecified atom stereocenters. The summed E-state index contributed by atoms with van der Waals surface area (Å²) in [5.74, 6) is 0. The van der Waals surface area contributed by atoms with E-state index >= 15 is 0 Å². The molecule has 1 atom stereocenters. The zero-order valence-corrected chi connectivity index (χ0v) is 22.2. The number of rotatable bonds is 8. The number of hydrogen-bond acceptors (Lipinski definition) is 2. The third-order valence-electron chi connectivity index (χ3n) is 5.79. The lowest BCUT2D eigenvalue weighted by Gasteiger charge is -2.39. The molecule has 1 saturated heterocycles. The number of allylic oxidation sites excluding steroid dienone is 2. The molecule has 1 heterocycles. The smallest absolute Gasteiger partial charge is 0.0725 e. The van der Waals surface area contributed by atoms with Crippen molar-refractivity contribution in [2.75, 3.05) is 26.2 Å². The third kappa shape index (κ3) is 13.7. The number of piperidine rings is 1. The van der Waals surface area contributed by atoms with Gasteiger partial charge in [-0.15, -0.1) is 0 Å². The van der Waals surface area contributed by atoms with Gasteiger partial charge in [-0.1, -0.05) is 86.0 Å². The van der Waals surface area contributed by atoms with Crippen molar-refractivity contribution in [3.8, 4) is 0 Å². The predicted octanol–water partition coefficient (Wildman–Crippen LogP) is 8.96. The van der Waals surface area contributed by atoms with E-state index < -0.39 is 0 Å². The van der Waals surface area contributed by atoms with Gasteiger partial charge in [0, 0.05) is 13.0 Å². The fourth-order valence-electron chi connectivity index (χ4n) is 4.15. The van der Waals surface area contributed by atoms with Gasteiger partial charge in [0.05, 0.1) is 5.60 Å². The van der Waals surface area contributed by atoms with E-state index in [2.05, 4.69) is 45.2 Å². The van der Waals surface area contributed by atoms with Crippen molar-refractivity contribution in [3.63, 3.8) is 0 Å². The van der Waals surface area contributed by atoms with Crippen molar-refractivity contribution < 1.29 is 4.74 Å². The maximum atomic E-state index is 6.16. The summed E-state index contributed by atoms with van der Waals surface area (Å²) in [4.78, 5) is 2.60. The molecule has 0 bridgehead atoms. The van der Waals surface area contributed by atoms with E-state index in [0.717, 1.165) is 32.3 Å². The predicted molar refractivity (Wildman–Crippen MR) is 139 cm³/mol. The van der Waals surface area contributed by atoms with Gasteiger partial charge in [0.2, 0.25) is 0 Å². The van der Waals surface area contributed by atoms with E-state index in [1.165, 1.54) is 75.7 Å². The molecule has 0 N–H and O–H groups in total. The van der Waals surface area contributed by atoms with Gasteiger partial charge >= 0.3 is 0 Å². The van der Waals surface area contributed by atoms with Gasteiger partial charge in [-0.2, -0.15) is 0 Å². The molecule has 0 aromatic carbocycles. The van der Waals surface area contributed by atoms with E-state index in [1.54, 1.807) is 0 Å². The topological polar surface area (TPSA) is 12.5 Å². The van der Waals surface area contributed by atoms with E-state index in [1.807, 2.05) is 27.7 Å². The van der Waals surface area contributed by atoms with Crippen LogP contribution in [0.25, 0.3) is 0 Å². The average Bonchev–Trinajstić information content (AvgIpc) is 2.82. The first kappa shape index (κ1) is 31.6. The average molecular weight is 424 g/mol. The zero-order chi connectivity index (χ0) is 23.3. The molecule has 2 aliphatic rings. The lowest BCUT2D eigenvalue weighted by atomic mass is 9.76. The Hall–Kier alpha value is -0.600. The minimum Gasteiger partial charge on any atom is -0.375 e. The van der Waals surface area contributed by atoms with Crippen LogP contribution < -0.4 is 0 Å². The lowest BCUT2D eigenvalue weighted by Crippen LogP contribution is -2.36. The molecule has 0 aromatic heterocycles. The Bertz CT molecular complexity index is 409. The van der Waals surface area contributed by atoms with Crippen LogP contribution in [-0.2, 0) is 4.74 Å². The standard InChI is InChI=1S/C15H26O.C9H19N.2C2H6/c1-5-9-15(16-11-6-2)10-8-13(4)14(7-3)12-15;1-2-3-7-10-8-5-4-6-9-10;2*1-2/h7H,4-6,8-12H2,1-3H3;2-9H2,1H3;2*1-2H3/b14-7-;;;. The van der Waals surface area contributed by atoms with Crippen LogP contribution in [0.2, 0.25) is 0 Å². The van der Waals surface area contributed by atoms with Gasteiger partial charge in [-0.3, -0.25) is 0 Å². The number of unbranched alkanes of at least 4 members (excludes halogenated alkanes) is 1. The van der Waals surface area contributed by atoms with Crippen LogP contribution in [0.15, 0.2) is 23.8 Å². The molecule has 180 valence electrons. The molecule has 0 amide bonds. The second-order valence-corrected chi connectivity index (χ2v) is 8.13. The van der Waals surface area contributed by atoms with Crippen molar-refractivity contribution >= 4 is 0 Å². The number of hydrogen-bond donors (Lipinski definition) is 0. The first-order chi connectivity index (χ1) is 14.6. The molecule has 2 heteroatoms. The Kier molecular flexibility index (Phi) is 22.8. The highest BCUT2D eigenvalue weighted by Gasteiger charge is 2.34. The zero-order valence-electron chi connectivity index (χ0n) is 22.2. The molecule has 1 aliphatic carbocycles. The maximum absolute atomic E-state index is 6.16. The van der Waals surface area contributed by atoms with Gasteiger partial charge in [0.15, 0.2) is 0 Å². The highest BCUT2D eigenvalue weighted by molar-refractivity contribution is 5.32. The second kappa shape index (κ2) is 21.6. The Morgan fingerprint density at radius 1 is 0.967 bits per heavy atom. The summed E-state index contributed by atoms with van der Waals surface area (Å²) in [6.07, 6.45) is 16.1. The first-order valence-electron chi connectivity index (χ1n) is 13.3. The van der Waals surface area contributed by atoms with Crippen molar-refractivity contribution in [3.05, 3.63) is 23.8 Å². The van der Waals surface area contributed by atoms with Gasteiger partial charge in [0.1, 0.15) is 0 Å². The highest BCUT2D eigenvalue weighted by Crippen LogP contribution is 2.40. The lowest BCUT2D eigenvalue weighted by molar-refractivity contribution is -0.0612. The van der Waals surface area contributed by atoms with Gasteiger partial charge in [-0.25, -0.2) is 0 Å². The summed E-state index contributed by atoms with van der Waals surface area (Å²) >= 11 is 0. The summed E-state index contributed by atoms with van der Waals surface area (Å²) in [6, 6.07) is 0. The number of likely N-dealkylation sites (tertiary alicyclic amines) is 1. The first-order valence-corrected chi connectivity index (χ1v) is 13.3. The molecule has 1 saturated carbocycles. The van der Waals surface area contributed by atoms with Crippen molar-refractivity contribution in [2.24, 2.45) is 0 Å². The largest absolute Gasteiger partial charge is 0.375 e. The molecule has 2 nitrogen and oxygen atoms in total. The van der Waals surface area contributed by atoms with Crippen LogP contribution in [0.4, 0.5) is 0 Å². The summed E-state index contributed by atoms with van der Waals surface area (Å²) in [6.45, 7) is 25.9. The van der Waals surface area contributed by atoms with Crippen LogP contribution in [0.1, 0.15) is 126 Å². The molecule has 0 spiro atoms. The Morgan fingerprint density at radius 2 is 1.60 bits per heavy atom. The summed E-state index contributed by atoms with van der Waals surface area (Å²) in [5, 5.41) is 0. The van der Waals surface area contributed by atoms with E-state index in [9.17, 15) is 0 Å². The Balaban J connectivity index is 0.